The summed E-state index contributed by atoms with van der Waals surface area (Å²) in [5.74, 6) is 0.973. The number of ether oxygens (including phenoxy) is 1. The Morgan fingerprint density at radius 3 is 2.52 bits per heavy atom. The number of nitrogens with zero attached hydrogens (tertiary/aromatic N) is 2. The van der Waals surface area contributed by atoms with Crippen molar-refractivity contribution in [1.82, 2.24) is 9.78 Å². The van der Waals surface area contributed by atoms with Crippen molar-refractivity contribution in [2.75, 3.05) is 5.32 Å². The minimum Gasteiger partial charge on any atom is -0.490 e. The fourth-order valence-electron chi connectivity index (χ4n) is 2.96. The highest BCUT2D eigenvalue weighted by molar-refractivity contribution is 5.47. The Morgan fingerprint density at radius 2 is 1.90 bits per heavy atom. The van der Waals surface area contributed by atoms with Gasteiger partial charge < -0.3 is 10.1 Å². The lowest BCUT2D eigenvalue weighted by Gasteiger charge is -2.17. The van der Waals surface area contributed by atoms with Crippen LogP contribution in [-0.4, -0.2) is 15.9 Å². The molecule has 112 valence electrons. The third-order valence-corrected chi connectivity index (χ3v) is 4.14. The van der Waals surface area contributed by atoms with E-state index in [9.17, 15) is 0 Å². The summed E-state index contributed by atoms with van der Waals surface area (Å²) in [5, 5.41) is 7.70. The van der Waals surface area contributed by atoms with Crippen molar-refractivity contribution < 1.29 is 4.74 Å². The van der Waals surface area contributed by atoms with Crippen LogP contribution in [0.15, 0.2) is 36.5 Å². The molecule has 1 aliphatic rings. The van der Waals surface area contributed by atoms with Gasteiger partial charge in [-0.25, -0.2) is 0 Å². The van der Waals surface area contributed by atoms with E-state index in [4.69, 9.17) is 4.74 Å². The van der Waals surface area contributed by atoms with E-state index in [1.54, 1.807) is 0 Å². The molecule has 4 nitrogen and oxygen atoms in total. The van der Waals surface area contributed by atoms with Crippen LogP contribution in [0.2, 0.25) is 0 Å². The molecule has 1 aliphatic carbocycles. The first-order chi connectivity index (χ1) is 10.2. The van der Waals surface area contributed by atoms with E-state index >= 15 is 0 Å². The molecule has 1 saturated carbocycles. The van der Waals surface area contributed by atoms with Gasteiger partial charge in [-0.3, -0.25) is 4.68 Å². The fourth-order valence-corrected chi connectivity index (χ4v) is 2.96. The number of hydrogen-bond acceptors (Lipinski definition) is 3. The molecule has 21 heavy (non-hydrogen) atoms. The van der Waals surface area contributed by atoms with Gasteiger partial charge in [-0.2, -0.15) is 5.10 Å². The summed E-state index contributed by atoms with van der Waals surface area (Å²) in [4.78, 5) is 0. The highest BCUT2D eigenvalue weighted by Gasteiger charge is 2.16. The molecule has 0 spiro atoms. The standard InChI is InChI=1S/C17H23N3O/c1-13(17-11-12-18-20(17)2)19-14-7-9-16(10-8-14)21-15-5-3-4-6-15/h7-13,15,19H,3-6H2,1-2H3. The lowest BCUT2D eigenvalue weighted by molar-refractivity contribution is 0.210. The predicted octanol–water partition coefficient (Wildman–Crippen LogP) is 3.91. The highest BCUT2D eigenvalue weighted by Crippen LogP contribution is 2.26. The second-order valence-electron chi connectivity index (χ2n) is 5.79. The van der Waals surface area contributed by atoms with Gasteiger partial charge in [-0.1, -0.05) is 0 Å². The molecule has 1 N–H and O–H groups in total. The summed E-state index contributed by atoms with van der Waals surface area (Å²) in [6.45, 7) is 2.14. The monoisotopic (exact) mass is 285 g/mol. The molecule has 1 fully saturated rings. The molecule has 0 aliphatic heterocycles. The maximum atomic E-state index is 5.98. The lowest BCUT2D eigenvalue weighted by atomic mass is 10.2. The van der Waals surface area contributed by atoms with Gasteiger partial charge in [0.25, 0.3) is 0 Å². The number of aromatic nitrogens is 2. The van der Waals surface area contributed by atoms with Crippen LogP contribution in [-0.2, 0) is 7.05 Å². The normalized spacial score (nSPS) is 16.9. The van der Waals surface area contributed by atoms with E-state index in [1.165, 1.54) is 31.4 Å². The third kappa shape index (κ3) is 3.38. The third-order valence-electron chi connectivity index (χ3n) is 4.14. The van der Waals surface area contributed by atoms with E-state index < -0.39 is 0 Å². The van der Waals surface area contributed by atoms with Crippen molar-refractivity contribution in [2.24, 2.45) is 7.05 Å². The molecule has 0 amide bonds. The second-order valence-corrected chi connectivity index (χ2v) is 5.79. The summed E-state index contributed by atoms with van der Waals surface area (Å²) < 4.78 is 7.88. The topological polar surface area (TPSA) is 39.1 Å². The van der Waals surface area contributed by atoms with E-state index in [1.807, 2.05) is 24.0 Å². The van der Waals surface area contributed by atoms with E-state index in [2.05, 4.69) is 41.6 Å². The number of nitrogens with one attached hydrogen (secondary N) is 1. The molecular formula is C17H23N3O. The maximum Gasteiger partial charge on any atom is 0.119 e. The molecule has 1 unspecified atom stereocenters. The Balaban J connectivity index is 1.60. The van der Waals surface area contributed by atoms with Crippen LogP contribution in [0.4, 0.5) is 5.69 Å². The van der Waals surface area contributed by atoms with Crippen molar-refractivity contribution >= 4 is 5.69 Å². The zero-order valence-electron chi connectivity index (χ0n) is 12.7. The summed E-state index contributed by atoms with van der Waals surface area (Å²) in [5.41, 5.74) is 2.27. The van der Waals surface area contributed by atoms with Crippen molar-refractivity contribution in [2.45, 2.75) is 44.8 Å². The summed E-state index contributed by atoms with van der Waals surface area (Å²) in [7, 11) is 1.96. The lowest BCUT2D eigenvalue weighted by Crippen LogP contribution is -2.12. The van der Waals surface area contributed by atoms with Gasteiger partial charge in [-0.15, -0.1) is 0 Å². The Hall–Kier alpha value is -1.97. The first-order valence-corrected chi connectivity index (χ1v) is 7.73. The first kappa shape index (κ1) is 14.0. The molecule has 1 heterocycles. The van der Waals surface area contributed by atoms with Crippen LogP contribution in [0.5, 0.6) is 5.75 Å². The smallest absolute Gasteiger partial charge is 0.119 e. The van der Waals surface area contributed by atoms with Crippen molar-refractivity contribution in [1.29, 1.82) is 0 Å². The average Bonchev–Trinajstić information content (AvgIpc) is 3.12. The number of anilines is 1. The van der Waals surface area contributed by atoms with Gasteiger partial charge in [0.15, 0.2) is 0 Å². The number of aryl methyl sites for hydroxylation is 1. The minimum absolute atomic E-state index is 0.221. The Labute approximate surface area is 126 Å². The molecule has 1 aromatic heterocycles. The quantitative estimate of drug-likeness (QED) is 0.905. The van der Waals surface area contributed by atoms with Crippen LogP contribution in [0.3, 0.4) is 0 Å². The fraction of sp³-hybridized carbons (Fsp3) is 0.471. The molecule has 3 rings (SSSR count). The molecule has 0 radical (unpaired) electrons. The zero-order valence-corrected chi connectivity index (χ0v) is 12.7. The second kappa shape index (κ2) is 6.20. The van der Waals surface area contributed by atoms with Crippen LogP contribution >= 0.6 is 0 Å². The number of hydrogen-bond donors (Lipinski definition) is 1. The SMILES string of the molecule is CC(Nc1ccc(OC2CCCC2)cc1)c1ccnn1C. The average molecular weight is 285 g/mol. The van der Waals surface area contributed by atoms with Crippen molar-refractivity contribution in [3.05, 3.63) is 42.2 Å². The highest BCUT2D eigenvalue weighted by atomic mass is 16.5. The Bertz CT molecular complexity index is 570. The van der Waals surface area contributed by atoms with Crippen LogP contribution in [0.1, 0.15) is 44.3 Å². The molecule has 1 aromatic carbocycles. The van der Waals surface area contributed by atoms with Gasteiger partial charge in [0, 0.05) is 18.9 Å². The van der Waals surface area contributed by atoms with Gasteiger partial charge in [0.2, 0.25) is 0 Å². The van der Waals surface area contributed by atoms with Crippen LogP contribution in [0.25, 0.3) is 0 Å². The van der Waals surface area contributed by atoms with E-state index in [-0.39, 0.29) is 6.04 Å². The predicted molar refractivity (Wildman–Crippen MR) is 84.6 cm³/mol. The first-order valence-electron chi connectivity index (χ1n) is 7.73. The van der Waals surface area contributed by atoms with Gasteiger partial charge in [0.05, 0.1) is 17.8 Å². The molecule has 0 bridgehead atoms. The van der Waals surface area contributed by atoms with Crippen molar-refractivity contribution in [3.63, 3.8) is 0 Å². The van der Waals surface area contributed by atoms with E-state index in [0.717, 1.165) is 11.4 Å². The summed E-state index contributed by atoms with van der Waals surface area (Å²) in [6.07, 6.45) is 7.22. The number of benzene rings is 1. The minimum atomic E-state index is 0.221. The molecule has 1 atom stereocenters. The summed E-state index contributed by atoms with van der Waals surface area (Å²) in [6, 6.07) is 10.5. The van der Waals surface area contributed by atoms with Gasteiger partial charge >= 0.3 is 0 Å². The molecular weight excluding hydrogens is 262 g/mol. The van der Waals surface area contributed by atoms with Crippen LogP contribution in [0, 0.1) is 0 Å². The molecule has 2 aromatic rings. The van der Waals surface area contributed by atoms with Crippen molar-refractivity contribution in [3.8, 4) is 5.75 Å². The van der Waals surface area contributed by atoms with E-state index in [0.29, 0.717) is 6.10 Å². The molecule has 4 heteroatoms. The van der Waals surface area contributed by atoms with Gasteiger partial charge in [-0.05, 0) is 62.9 Å². The Kier molecular flexibility index (Phi) is 4.13. The van der Waals surface area contributed by atoms with Gasteiger partial charge in [0.1, 0.15) is 5.75 Å². The zero-order chi connectivity index (χ0) is 14.7. The molecule has 0 saturated heterocycles. The van der Waals surface area contributed by atoms with Crippen LogP contribution < -0.4 is 10.1 Å². The number of rotatable bonds is 5. The Morgan fingerprint density at radius 1 is 1.19 bits per heavy atom. The summed E-state index contributed by atoms with van der Waals surface area (Å²) >= 11 is 0. The largest absolute Gasteiger partial charge is 0.490 e. The maximum absolute atomic E-state index is 5.98.